The van der Waals surface area contributed by atoms with Crippen LogP contribution >= 0.6 is 0 Å². The number of methoxy groups -OCH3 is 1. The summed E-state index contributed by atoms with van der Waals surface area (Å²) in [7, 11) is 3.79. The third kappa shape index (κ3) is 4.71. The van der Waals surface area contributed by atoms with E-state index < -0.39 is 0 Å². The fraction of sp³-hybridized carbons (Fsp3) is 0.812. The van der Waals surface area contributed by atoms with E-state index in [-0.39, 0.29) is 0 Å². The average Bonchev–Trinajstić information content (AvgIpc) is 2.74. The largest absolute Gasteiger partial charge is 0.383 e. The molecule has 0 bridgehead atoms. The van der Waals surface area contributed by atoms with Crippen LogP contribution in [0.15, 0.2) is 0 Å². The second kappa shape index (κ2) is 9.05. The zero-order valence-electron chi connectivity index (χ0n) is 14.6. The number of nitrogens with zero attached hydrogens (tertiary/aromatic N) is 3. The third-order valence-electron chi connectivity index (χ3n) is 3.97. The Balaban J connectivity index is 3.04. The Bertz CT molecular complexity index is 417. The van der Waals surface area contributed by atoms with Gasteiger partial charge < -0.3 is 15.0 Å². The maximum Gasteiger partial charge on any atom is 0.131 e. The standard InChI is InChI=1S/C16H32N4O/c1-7-9-17-12-15-14(4)18-19(5)16(15)20(10-11-21-6)13(3)8-2/h13,17H,7-12H2,1-6H3. The number of aryl methyl sites for hydroxylation is 2. The van der Waals surface area contributed by atoms with E-state index in [0.717, 1.165) is 44.8 Å². The molecule has 0 saturated carbocycles. The Morgan fingerprint density at radius 2 is 2.10 bits per heavy atom. The van der Waals surface area contributed by atoms with Gasteiger partial charge >= 0.3 is 0 Å². The molecule has 1 atom stereocenters. The lowest BCUT2D eigenvalue weighted by atomic mass is 10.1. The molecule has 1 rings (SSSR count). The van der Waals surface area contributed by atoms with Crippen LogP contribution in [0.2, 0.25) is 0 Å². The molecule has 0 saturated heterocycles. The number of hydrogen-bond donors (Lipinski definition) is 1. The van der Waals surface area contributed by atoms with Crippen LogP contribution in [0.25, 0.3) is 0 Å². The molecule has 122 valence electrons. The van der Waals surface area contributed by atoms with Gasteiger partial charge in [0.2, 0.25) is 0 Å². The first-order chi connectivity index (χ1) is 10.1. The van der Waals surface area contributed by atoms with Crippen LogP contribution in [0.4, 0.5) is 5.82 Å². The SMILES string of the molecule is CCCNCc1c(C)nn(C)c1N(CCOC)C(C)CC. The van der Waals surface area contributed by atoms with Crippen molar-refractivity contribution >= 4 is 5.82 Å². The van der Waals surface area contributed by atoms with Crippen molar-refractivity contribution in [3.8, 4) is 0 Å². The maximum atomic E-state index is 5.29. The van der Waals surface area contributed by atoms with Gasteiger partial charge in [-0.1, -0.05) is 13.8 Å². The van der Waals surface area contributed by atoms with Crippen LogP contribution in [0.5, 0.6) is 0 Å². The van der Waals surface area contributed by atoms with Gasteiger partial charge in [-0.15, -0.1) is 0 Å². The van der Waals surface area contributed by atoms with Gasteiger partial charge in [-0.3, -0.25) is 4.68 Å². The summed E-state index contributed by atoms with van der Waals surface area (Å²) < 4.78 is 7.30. The number of nitrogens with one attached hydrogen (secondary N) is 1. The lowest BCUT2D eigenvalue weighted by molar-refractivity contribution is 0.203. The smallest absolute Gasteiger partial charge is 0.131 e. The minimum atomic E-state index is 0.472. The van der Waals surface area contributed by atoms with Gasteiger partial charge in [0, 0.05) is 38.9 Å². The fourth-order valence-corrected chi connectivity index (χ4v) is 2.59. The second-order valence-electron chi connectivity index (χ2n) is 5.63. The Hall–Kier alpha value is -1.07. The first kappa shape index (κ1) is 18.0. The van der Waals surface area contributed by atoms with Gasteiger partial charge in [0.15, 0.2) is 0 Å². The molecular weight excluding hydrogens is 264 g/mol. The van der Waals surface area contributed by atoms with Crippen LogP contribution in [0.1, 0.15) is 44.9 Å². The summed E-state index contributed by atoms with van der Waals surface area (Å²) >= 11 is 0. The van der Waals surface area contributed by atoms with E-state index in [2.05, 4.69) is 43.0 Å². The highest BCUT2D eigenvalue weighted by molar-refractivity contribution is 5.51. The van der Waals surface area contributed by atoms with Gasteiger partial charge in [0.25, 0.3) is 0 Å². The molecule has 1 heterocycles. The molecule has 0 aliphatic heterocycles. The molecule has 1 aromatic heterocycles. The summed E-state index contributed by atoms with van der Waals surface area (Å²) in [6.45, 7) is 12.3. The maximum absolute atomic E-state index is 5.29. The fourth-order valence-electron chi connectivity index (χ4n) is 2.59. The van der Waals surface area contributed by atoms with Crippen molar-refractivity contribution in [2.24, 2.45) is 7.05 Å². The highest BCUT2D eigenvalue weighted by Gasteiger charge is 2.22. The van der Waals surface area contributed by atoms with Crippen LogP contribution in [-0.4, -0.2) is 42.6 Å². The molecule has 5 nitrogen and oxygen atoms in total. The molecular formula is C16H32N4O. The number of rotatable bonds is 10. The van der Waals surface area contributed by atoms with Crippen molar-refractivity contribution < 1.29 is 4.74 Å². The molecule has 0 radical (unpaired) electrons. The van der Waals surface area contributed by atoms with Gasteiger partial charge in [0.05, 0.1) is 12.3 Å². The highest BCUT2D eigenvalue weighted by atomic mass is 16.5. The predicted octanol–water partition coefficient (Wildman–Crippen LogP) is 2.48. The predicted molar refractivity (Wildman–Crippen MR) is 88.9 cm³/mol. The molecule has 1 unspecified atom stereocenters. The van der Waals surface area contributed by atoms with E-state index in [1.165, 1.54) is 11.4 Å². The Morgan fingerprint density at radius 1 is 1.38 bits per heavy atom. The first-order valence-electron chi connectivity index (χ1n) is 8.05. The van der Waals surface area contributed by atoms with E-state index in [4.69, 9.17) is 4.74 Å². The van der Waals surface area contributed by atoms with Crippen LogP contribution in [-0.2, 0) is 18.3 Å². The monoisotopic (exact) mass is 296 g/mol. The molecule has 0 aromatic carbocycles. The van der Waals surface area contributed by atoms with E-state index in [1.54, 1.807) is 7.11 Å². The van der Waals surface area contributed by atoms with E-state index in [0.29, 0.717) is 6.04 Å². The lowest BCUT2D eigenvalue weighted by Gasteiger charge is -2.31. The second-order valence-corrected chi connectivity index (χ2v) is 5.63. The van der Waals surface area contributed by atoms with Crippen molar-refractivity contribution in [3.05, 3.63) is 11.3 Å². The summed E-state index contributed by atoms with van der Waals surface area (Å²) in [5.74, 6) is 1.22. The van der Waals surface area contributed by atoms with Crippen LogP contribution in [0, 0.1) is 6.92 Å². The van der Waals surface area contributed by atoms with Gasteiger partial charge in [-0.25, -0.2) is 0 Å². The summed E-state index contributed by atoms with van der Waals surface area (Å²) in [5, 5.41) is 8.13. The van der Waals surface area contributed by atoms with E-state index >= 15 is 0 Å². The molecule has 5 heteroatoms. The zero-order valence-corrected chi connectivity index (χ0v) is 14.6. The quantitative estimate of drug-likeness (QED) is 0.674. The Morgan fingerprint density at radius 3 is 2.67 bits per heavy atom. The zero-order chi connectivity index (χ0) is 15.8. The van der Waals surface area contributed by atoms with Crippen molar-refractivity contribution in [1.82, 2.24) is 15.1 Å². The highest BCUT2D eigenvalue weighted by Crippen LogP contribution is 2.25. The molecule has 0 aliphatic carbocycles. The van der Waals surface area contributed by atoms with Crippen molar-refractivity contribution in [3.63, 3.8) is 0 Å². The number of hydrogen-bond acceptors (Lipinski definition) is 4. The third-order valence-corrected chi connectivity index (χ3v) is 3.97. The molecule has 0 spiro atoms. The summed E-state index contributed by atoms with van der Waals surface area (Å²) in [5.41, 5.74) is 2.42. The summed E-state index contributed by atoms with van der Waals surface area (Å²) in [6, 6.07) is 0.472. The van der Waals surface area contributed by atoms with Crippen LogP contribution < -0.4 is 10.2 Å². The molecule has 1 N–H and O–H groups in total. The van der Waals surface area contributed by atoms with E-state index in [1.807, 2.05) is 11.7 Å². The number of anilines is 1. The molecule has 21 heavy (non-hydrogen) atoms. The summed E-state index contributed by atoms with van der Waals surface area (Å²) in [4.78, 5) is 2.42. The number of ether oxygens (including phenoxy) is 1. The van der Waals surface area contributed by atoms with Crippen molar-refractivity contribution in [2.75, 3.05) is 31.7 Å². The van der Waals surface area contributed by atoms with Gasteiger partial charge in [0.1, 0.15) is 5.82 Å². The normalized spacial score (nSPS) is 12.7. The molecule has 1 aromatic rings. The lowest BCUT2D eigenvalue weighted by Crippen LogP contribution is -2.37. The van der Waals surface area contributed by atoms with Crippen LogP contribution in [0.3, 0.4) is 0 Å². The minimum absolute atomic E-state index is 0.472. The number of aromatic nitrogens is 2. The van der Waals surface area contributed by atoms with Gasteiger partial charge in [-0.2, -0.15) is 5.10 Å². The van der Waals surface area contributed by atoms with Gasteiger partial charge in [-0.05, 0) is 33.2 Å². The summed E-state index contributed by atoms with van der Waals surface area (Å²) in [6.07, 6.45) is 2.25. The molecule has 0 aliphatic rings. The molecule has 0 fully saturated rings. The van der Waals surface area contributed by atoms with E-state index in [9.17, 15) is 0 Å². The van der Waals surface area contributed by atoms with Crippen molar-refractivity contribution in [1.29, 1.82) is 0 Å². The van der Waals surface area contributed by atoms with Crippen molar-refractivity contribution in [2.45, 2.75) is 53.1 Å². The molecule has 0 amide bonds. The average molecular weight is 296 g/mol. The Labute approximate surface area is 129 Å². The Kier molecular flexibility index (Phi) is 7.75. The first-order valence-corrected chi connectivity index (χ1v) is 8.05. The topological polar surface area (TPSA) is 42.3 Å². The minimum Gasteiger partial charge on any atom is -0.383 e.